The van der Waals surface area contributed by atoms with Crippen molar-refractivity contribution in [2.45, 2.75) is 52.0 Å². The molecule has 26 heavy (non-hydrogen) atoms. The highest BCUT2D eigenvalue weighted by Gasteiger charge is 2.25. The maximum Gasteiger partial charge on any atom is 0.191 e. The number of guanidine groups is 1. The largest absolute Gasteiger partial charge is 0.356 e. The van der Waals surface area contributed by atoms with Crippen molar-refractivity contribution in [1.82, 2.24) is 20.4 Å². The van der Waals surface area contributed by atoms with E-state index in [0.717, 1.165) is 25.5 Å². The van der Waals surface area contributed by atoms with Crippen molar-refractivity contribution in [3.8, 4) is 0 Å². The summed E-state index contributed by atoms with van der Waals surface area (Å²) in [6.07, 6.45) is 8.86. The minimum Gasteiger partial charge on any atom is -0.356 e. The van der Waals surface area contributed by atoms with Crippen LogP contribution in [0.2, 0.25) is 0 Å². The minimum absolute atomic E-state index is 0. The summed E-state index contributed by atoms with van der Waals surface area (Å²) in [4.78, 5) is 9.46. The summed E-state index contributed by atoms with van der Waals surface area (Å²) in [6.45, 7) is 11.3. The number of nitrogens with zero attached hydrogens (tertiary/aromatic N) is 3. The third-order valence-electron chi connectivity index (χ3n) is 5.60. The molecule has 6 heteroatoms. The molecule has 0 bridgehead atoms. The third-order valence-corrected chi connectivity index (χ3v) is 5.60. The second kappa shape index (κ2) is 12.9. The first-order valence-corrected chi connectivity index (χ1v) is 10.1. The van der Waals surface area contributed by atoms with Gasteiger partial charge in [-0.15, -0.1) is 24.0 Å². The van der Waals surface area contributed by atoms with Crippen molar-refractivity contribution in [2.24, 2.45) is 10.9 Å². The molecule has 1 aliphatic carbocycles. The van der Waals surface area contributed by atoms with Crippen molar-refractivity contribution < 1.29 is 0 Å². The Morgan fingerprint density at radius 1 is 1.15 bits per heavy atom. The van der Waals surface area contributed by atoms with E-state index in [-0.39, 0.29) is 24.0 Å². The highest BCUT2D eigenvalue weighted by Crippen LogP contribution is 2.19. The molecule has 0 aromatic carbocycles. The van der Waals surface area contributed by atoms with Crippen molar-refractivity contribution >= 4 is 29.9 Å². The van der Waals surface area contributed by atoms with Gasteiger partial charge in [0.25, 0.3) is 0 Å². The minimum atomic E-state index is 0. The van der Waals surface area contributed by atoms with Crippen LogP contribution in [0.3, 0.4) is 0 Å². The van der Waals surface area contributed by atoms with Gasteiger partial charge >= 0.3 is 0 Å². The van der Waals surface area contributed by atoms with Gasteiger partial charge in [-0.2, -0.15) is 0 Å². The van der Waals surface area contributed by atoms with E-state index < -0.39 is 0 Å². The fourth-order valence-electron chi connectivity index (χ4n) is 3.84. The molecule has 1 heterocycles. The van der Waals surface area contributed by atoms with Gasteiger partial charge in [-0.25, -0.2) is 0 Å². The van der Waals surface area contributed by atoms with Crippen molar-refractivity contribution in [3.63, 3.8) is 0 Å². The third kappa shape index (κ3) is 8.13. The van der Waals surface area contributed by atoms with Crippen LogP contribution in [0, 0.1) is 5.92 Å². The molecule has 2 aliphatic rings. The Morgan fingerprint density at radius 3 is 2.46 bits per heavy atom. The molecule has 0 saturated carbocycles. The van der Waals surface area contributed by atoms with Gasteiger partial charge in [0.15, 0.2) is 5.96 Å². The van der Waals surface area contributed by atoms with Gasteiger partial charge in [0.1, 0.15) is 0 Å². The Bertz CT molecular complexity index is 441. The first-order valence-electron chi connectivity index (χ1n) is 10.1. The number of likely N-dealkylation sites (N-methyl/N-ethyl adjacent to an activating group) is 1. The number of halogens is 1. The molecule has 1 atom stereocenters. The predicted octanol–water partition coefficient (Wildman–Crippen LogP) is 2.93. The lowest BCUT2D eigenvalue weighted by atomic mass is 9.97. The van der Waals surface area contributed by atoms with Crippen LogP contribution < -0.4 is 10.6 Å². The molecule has 0 spiro atoms. The number of hydrogen-bond donors (Lipinski definition) is 2. The highest BCUT2D eigenvalue weighted by molar-refractivity contribution is 14.0. The number of aliphatic imine (C=N–C) groups is 1. The van der Waals surface area contributed by atoms with E-state index in [0.29, 0.717) is 12.0 Å². The lowest BCUT2D eigenvalue weighted by molar-refractivity contribution is 0.0900. The summed E-state index contributed by atoms with van der Waals surface area (Å²) in [5, 5.41) is 7.05. The van der Waals surface area contributed by atoms with Gasteiger partial charge in [0.2, 0.25) is 0 Å². The summed E-state index contributed by atoms with van der Waals surface area (Å²) in [6, 6.07) is 0.563. The number of rotatable bonds is 7. The molecule has 0 radical (unpaired) electrons. The fraction of sp³-hybridized carbons (Fsp3) is 0.850. The standard InChI is InChI=1S/C20H39N5.HI/c1-17(2)19(25-14-12-24(4)13-15-25)16-23-20(21-3)22-11-10-18-8-6-5-7-9-18;/h8,17,19H,5-7,9-16H2,1-4H3,(H2,21,22,23);1H. The van der Waals surface area contributed by atoms with Crippen LogP contribution in [0.1, 0.15) is 46.0 Å². The molecule has 0 amide bonds. The van der Waals surface area contributed by atoms with Crippen molar-refractivity contribution in [2.75, 3.05) is 53.4 Å². The van der Waals surface area contributed by atoms with Crippen molar-refractivity contribution in [3.05, 3.63) is 11.6 Å². The molecule has 5 nitrogen and oxygen atoms in total. The maximum atomic E-state index is 4.41. The maximum absolute atomic E-state index is 4.41. The summed E-state index contributed by atoms with van der Waals surface area (Å²) >= 11 is 0. The Labute approximate surface area is 178 Å². The van der Waals surface area contributed by atoms with Gasteiger partial charge in [-0.05, 0) is 45.1 Å². The Morgan fingerprint density at radius 2 is 1.88 bits per heavy atom. The molecule has 152 valence electrons. The number of nitrogens with one attached hydrogen (secondary N) is 2. The van der Waals surface area contributed by atoms with E-state index in [9.17, 15) is 0 Å². The van der Waals surface area contributed by atoms with Crippen LogP contribution in [-0.2, 0) is 0 Å². The lowest BCUT2D eigenvalue weighted by Gasteiger charge is -2.40. The molecule has 0 aromatic heterocycles. The van der Waals surface area contributed by atoms with Crippen LogP contribution >= 0.6 is 24.0 Å². The van der Waals surface area contributed by atoms with E-state index in [1.54, 1.807) is 5.57 Å². The van der Waals surface area contributed by atoms with E-state index in [2.05, 4.69) is 52.4 Å². The molecule has 2 N–H and O–H groups in total. The zero-order valence-corrected chi connectivity index (χ0v) is 19.6. The molecular formula is C20H40IN5. The molecule has 2 rings (SSSR count). The van der Waals surface area contributed by atoms with Gasteiger partial charge in [-0.3, -0.25) is 9.89 Å². The SMILES string of the molecule is CN=C(NCCC1=CCCCC1)NCC(C(C)C)N1CCN(C)CC1.I. The van der Waals surface area contributed by atoms with E-state index in [1.165, 1.54) is 51.9 Å². The van der Waals surface area contributed by atoms with Crippen LogP contribution in [-0.4, -0.2) is 75.2 Å². The second-order valence-electron chi connectivity index (χ2n) is 7.89. The van der Waals surface area contributed by atoms with Crippen LogP contribution in [0.5, 0.6) is 0 Å². The number of hydrogen-bond acceptors (Lipinski definition) is 3. The summed E-state index contributed by atoms with van der Waals surface area (Å²) < 4.78 is 0. The summed E-state index contributed by atoms with van der Waals surface area (Å²) in [5.41, 5.74) is 1.62. The van der Waals surface area contributed by atoms with Crippen LogP contribution in [0.15, 0.2) is 16.6 Å². The van der Waals surface area contributed by atoms with Gasteiger partial charge < -0.3 is 15.5 Å². The molecule has 1 saturated heterocycles. The lowest BCUT2D eigenvalue weighted by Crippen LogP contribution is -2.55. The second-order valence-corrected chi connectivity index (χ2v) is 7.89. The van der Waals surface area contributed by atoms with E-state index in [4.69, 9.17) is 0 Å². The Hall–Kier alpha value is -0.340. The topological polar surface area (TPSA) is 42.9 Å². The molecule has 1 aliphatic heterocycles. The predicted molar refractivity (Wildman–Crippen MR) is 124 cm³/mol. The summed E-state index contributed by atoms with van der Waals surface area (Å²) in [5.74, 6) is 1.58. The van der Waals surface area contributed by atoms with E-state index in [1.807, 2.05) is 7.05 Å². The first kappa shape index (κ1) is 23.7. The Kier molecular flexibility index (Phi) is 11.8. The fourth-order valence-corrected chi connectivity index (χ4v) is 3.84. The van der Waals surface area contributed by atoms with Gasteiger partial charge in [0.05, 0.1) is 0 Å². The average molecular weight is 477 g/mol. The molecule has 1 unspecified atom stereocenters. The smallest absolute Gasteiger partial charge is 0.191 e. The highest BCUT2D eigenvalue weighted by atomic mass is 127. The van der Waals surface area contributed by atoms with Crippen molar-refractivity contribution in [1.29, 1.82) is 0 Å². The normalized spacial score (nSPS) is 21.1. The molecule has 0 aromatic rings. The van der Waals surface area contributed by atoms with Crippen LogP contribution in [0.25, 0.3) is 0 Å². The van der Waals surface area contributed by atoms with Crippen LogP contribution in [0.4, 0.5) is 0 Å². The number of allylic oxidation sites excluding steroid dienone is 1. The quantitative estimate of drug-likeness (QED) is 0.256. The zero-order valence-electron chi connectivity index (χ0n) is 17.3. The zero-order chi connectivity index (χ0) is 18.1. The number of piperazine rings is 1. The van der Waals surface area contributed by atoms with E-state index >= 15 is 0 Å². The average Bonchev–Trinajstić information content (AvgIpc) is 2.62. The van der Waals surface area contributed by atoms with Gasteiger partial charge in [0, 0.05) is 52.4 Å². The summed E-state index contributed by atoms with van der Waals surface area (Å²) in [7, 11) is 4.09. The molecular weight excluding hydrogens is 437 g/mol. The molecule has 1 fully saturated rings. The Balaban J connectivity index is 0.00000338. The monoisotopic (exact) mass is 477 g/mol. The first-order chi connectivity index (χ1) is 12.1. The van der Waals surface area contributed by atoms with Gasteiger partial charge in [-0.1, -0.05) is 25.5 Å².